The summed E-state index contributed by atoms with van der Waals surface area (Å²) in [6.07, 6.45) is 2.02. The Morgan fingerprint density at radius 1 is 1.47 bits per heavy atom. The van der Waals surface area contributed by atoms with Crippen molar-refractivity contribution < 1.29 is 13.6 Å². The molecule has 1 heterocycles. The molecule has 0 radical (unpaired) electrons. The minimum Gasteiger partial charge on any atom is -0.395 e. The predicted octanol–water partition coefficient (Wildman–Crippen LogP) is 2.61. The van der Waals surface area contributed by atoms with Crippen molar-refractivity contribution in [2.45, 2.75) is 38.5 Å². The molecule has 3 nitrogen and oxygen atoms in total. The van der Waals surface area contributed by atoms with Crippen LogP contribution < -0.4 is 0 Å². The van der Waals surface area contributed by atoms with Gasteiger partial charge >= 0.3 is 8.56 Å². The monoisotopic (exact) mass is 230 g/mol. The molecule has 2 atom stereocenters. The molecular weight excluding hydrogens is 208 g/mol. The molecule has 2 unspecified atom stereocenters. The zero-order valence-electron chi connectivity index (χ0n) is 10.2. The van der Waals surface area contributed by atoms with Crippen molar-refractivity contribution in [3.05, 3.63) is 12.3 Å². The highest BCUT2D eigenvalue weighted by Crippen LogP contribution is 2.39. The van der Waals surface area contributed by atoms with Crippen LogP contribution in [0.5, 0.6) is 0 Å². The van der Waals surface area contributed by atoms with Gasteiger partial charge in [-0.15, -0.1) is 6.58 Å². The highest BCUT2D eigenvalue weighted by atomic mass is 28.4. The molecule has 0 bridgehead atoms. The van der Waals surface area contributed by atoms with Crippen molar-refractivity contribution >= 4 is 8.56 Å². The molecule has 15 heavy (non-hydrogen) atoms. The first kappa shape index (κ1) is 12.9. The van der Waals surface area contributed by atoms with E-state index < -0.39 is 14.3 Å². The van der Waals surface area contributed by atoms with Crippen molar-refractivity contribution in [2.75, 3.05) is 14.2 Å². The lowest BCUT2D eigenvalue weighted by Gasteiger charge is -2.46. The van der Waals surface area contributed by atoms with E-state index in [1.165, 1.54) is 0 Å². The zero-order chi connectivity index (χ0) is 11.5. The second kappa shape index (κ2) is 4.78. The Morgan fingerprint density at radius 2 is 2.13 bits per heavy atom. The summed E-state index contributed by atoms with van der Waals surface area (Å²) in [6, 6.07) is 0.977. The van der Waals surface area contributed by atoms with Gasteiger partial charge in [-0.3, -0.25) is 0 Å². The molecule has 1 saturated heterocycles. The first-order chi connectivity index (χ1) is 7.04. The van der Waals surface area contributed by atoms with Crippen LogP contribution in [0.4, 0.5) is 0 Å². The highest BCUT2D eigenvalue weighted by molar-refractivity contribution is 6.72. The minimum absolute atomic E-state index is 0.324. The predicted molar refractivity (Wildman–Crippen MR) is 62.7 cm³/mol. The van der Waals surface area contributed by atoms with Crippen molar-refractivity contribution in [1.82, 2.24) is 0 Å². The van der Waals surface area contributed by atoms with Crippen LogP contribution in [0.2, 0.25) is 6.04 Å². The van der Waals surface area contributed by atoms with Crippen molar-refractivity contribution in [2.24, 2.45) is 5.92 Å². The Hall–Kier alpha value is -0.163. The molecule has 4 heteroatoms. The second-order valence-corrected chi connectivity index (χ2v) is 7.49. The average molecular weight is 230 g/mol. The maximum absolute atomic E-state index is 6.15. The third-order valence-corrected chi connectivity index (χ3v) is 6.33. The van der Waals surface area contributed by atoms with E-state index in [9.17, 15) is 0 Å². The normalized spacial score (nSPS) is 36.9. The molecule has 1 rings (SSSR count). The summed E-state index contributed by atoms with van der Waals surface area (Å²) in [6.45, 7) is 8.08. The molecular formula is C11H22O3Si. The van der Waals surface area contributed by atoms with Gasteiger partial charge in [0.05, 0.1) is 0 Å². The molecule has 0 aromatic carbocycles. The van der Waals surface area contributed by atoms with Gasteiger partial charge in [-0.05, 0) is 18.2 Å². The fraction of sp³-hybridized carbons (Fsp3) is 0.818. The number of methoxy groups -OCH3 is 1. The molecule has 0 N–H and O–H groups in total. The van der Waals surface area contributed by atoms with Gasteiger partial charge in [-0.2, -0.15) is 0 Å². The standard InChI is InChI=1S/C11H22O3Si/c1-6-15(13-5)9-7-8-11(12-4,14-15)10(2)3/h6,10H,1,7-9H2,2-5H3. The van der Waals surface area contributed by atoms with E-state index in [1.54, 1.807) is 14.2 Å². The van der Waals surface area contributed by atoms with Gasteiger partial charge in [-0.1, -0.05) is 13.8 Å². The van der Waals surface area contributed by atoms with Crippen LogP contribution in [-0.4, -0.2) is 28.6 Å². The molecule has 1 fully saturated rings. The SMILES string of the molecule is C=C[Si]1(OC)CCCC(OC)(C(C)C)O1. The molecule has 88 valence electrons. The van der Waals surface area contributed by atoms with Gasteiger partial charge in [0.25, 0.3) is 0 Å². The fourth-order valence-electron chi connectivity index (χ4n) is 2.13. The van der Waals surface area contributed by atoms with E-state index >= 15 is 0 Å². The van der Waals surface area contributed by atoms with E-state index in [0.717, 1.165) is 18.9 Å². The van der Waals surface area contributed by atoms with Gasteiger partial charge in [0.1, 0.15) is 0 Å². The molecule has 0 saturated carbocycles. The van der Waals surface area contributed by atoms with E-state index in [2.05, 4.69) is 20.4 Å². The maximum Gasteiger partial charge on any atom is 0.366 e. The Balaban J connectivity index is 2.89. The number of rotatable bonds is 4. The van der Waals surface area contributed by atoms with Crippen LogP contribution in [-0.2, 0) is 13.6 Å². The minimum atomic E-state index is -2.21. The van der Waals surface area contributed by atoms with Crippen LogP contribution in [0.1, 0.15) is 26.7 Å². The number of ether oxygens (including phenoxy) is 1. The Kier molecular flexibility index (Phi) is 4.11. The van der Waals surface area contributed by atoms with E-state index in [0.29, 0.717) is 5.92 Å². The number of hydrogen-bond donors (Lipinski definition) is 0. The summed E-state index contributed by atoms with van der Waals surface area (Å²) < 4.78 is 17.3. The summed E-state index contributed by atoms with van der Waals surface area (Å²) >= 11 is 0. The molecule has 1 aliphatic rings. The summed E-state index contributed by atoms with van der Waals surface area (Å²) in [4.78, 5) is 0. The molecule has 0 aliphatic carbocycles. The second-order valence-electron chi connectivity index (χ2n) is 4.35. The quantitative estimate of drug-likeness (QED) is 0.695. The molecule has 0 aromatic heterocycles. The third-order valence-electron chi connectivity index (χ3n) is 3.28. The van der Waals surface area contributed by atoms with Gasteiger partial charge in [0.15, 0.2) is 5.79 Å². The van der Waals surface area contributed by atoms with Gasteiger partial charge in [-0.25, -0.2) is 0 Å². The summed E-state index contributed by atoms with van der Waals surface area (Å²) in [5.74, 6) is -0.154. The molecule has 0 spiro atoms. The van der Waals surface area contributed by atoms with Crippen LogP contribution in [0.25, 0.3) is 0 Å². The summed E-state index contributed by atoms with van der Waals surface area (Å²) in [5.41, 5.74) is 1.86. The lowest BCUT2D eigenvalue weighted by atomic mass is 9.98. The molecule has 0 amide bonds. The van der Waals surface area contributed by atoms with Crippen LogP contribution in [0, 0.1) is 5.92 Å². The van der Waals surface area contributed by atoms with E-state index in [4.69, 9.17) is 13.6 Å². The lowest BCUT2D eigenvalue weighted by molar-refractivity contribution is -0.219. The van der Waals surface area contributed by atoms with Gasteiger partial charge < -0.3 is 13.6 Å². The Bertz CT molecular complexity index is 232. The molecule has 1 aliphatic heterocycles. The maximum atomic E-state index is 6.15. The van der Waals surface area contributed by atoms with Crippen LogP contribution in [0.3, 0.4) is 0 Å². The first-order valence-electron chi connectivity index (χ1n) is 5.48. The zero-order valence-corrected chi connectivity index (χ0v) is 11.2. The Morgan fingerprint density at radius 3 is 2.53 bits per heavy atom. The fourth-order valence-corrected chi connectivity index (χ4v) is 4.65. The van der Waals surface area contributed by atoms with E-state index in [-0.39, 0.29) is 0 Å². The topological polar surface area (TPSA) is 27.7 Å². The first-order valence-corrected chi connectivity index (χ1v) is 7.58. The third kappa shape index (κ3) is 2.33. The average Bonchev–Trinajstić information content (AvgIpc) is 2.28. The Labute approximate surface area is 93.7 Å². The summed E-state index contributed by atoms with van der Waals surface area (Å²) in [5, 5.41) is 0. The molecule has 0 aromatic rings. The largest absolute Gasteiger partial charge is 0.395 e. The van der Waals surface area contributed by atoms with Crippen LogP contribution >= 0.6 is 0 Å². The van der Waals surface area contributed by atoms with Gasteiger partial charge in [0, 0.05) is 26.6 Å². The lowest BCUT2D eigenvalue weighted by Crippen LogP contribution is -2.55. The van der Waals surface area contributed by atoms with Crippen molar-refractivity contribution in [3.63, 3.8) is 0 Å². The smallest absolute Gasteiger partial charge is 0.366 e. The van der Waals surface area contributed by atoms with Crippen LogP contribution in [0.15, 0.2) is 12.3 Å². The number of hydrogen-bond acceptors (Lipinski definition) is 3. The summed E-state index contributed by atoms with van der Waals surface area (Å²) in [7, 11) is 1.21. The van der Waals surface area contributed by atoms with Crippen molar-refractivity contribution in [1.29, 1.82) is 0 Å². The van der Waals surface area contributed by atoms with Gasteiger partial charge in [0.2, 0.25) is 0 Å². The van der Waals surface area contributed by atoms with E-state index in [1.807, 2.05) is 5.70 Å². The van der Waals surface area contributed by atoms with Crippen molar-refractivity contribution in [3.8, 4) is 0 Å². The highest BCUT2D eigenvalue weighted by Gasteiger charge is 2.49.